The number of amides is 1. The number of hydrogen-bond acceptors (Lipinski definition) is 4. The zero-order valence-electron chi connectivity index (χ0n) is 14.5. The Labute approximate surface area is 147 Å². The van der Waals surface area contributed by atoms with Crippen LogP contribution in [-0.2, 0) is 4.79 Å². The molecule has 0 unspecified atom stereocenters. The zero-order chi connectivity index (χ0) is 17.4. The third-order valence-electron chi connectivity index (χ3n) is 6.17. The molecule has 1 amide bonds. The normalized spacial score (nSPS) is 27.4. The number of aromatic nitrogens is 1. The first-order valence-corrected chi connectivity index (χ1v) is 9.35. The van der Waals surface area contributed by atoms with Crippen LogP contribution in [0.15, 0.2) is 18.2 Å². The van der Waals surface area contributed by atoms with Gasteiger partial charge < -0.3 is 14.9 Å². The summed E-state index contributed by atoms with van der Waals surface area (Å²) in [5, 5.41) is 9.15. The van der Waals surface area contributed by atoms with Gasteiger partial charge in [-0.05, 0) is 44.2 Å². The SMILES string of the molecule is O=C(O)c1cccc(N2CC[C@]3(CCCN(C4CCCC4)C3=O)C2)n1. The number of piperidine rings is 1. The van der Waals surface area contributed by atoms with Crippen molar-refractivity contribution in [2.24, 2.45) is 5.41 Å². The molecule has 3 aliphatic rings. The van der Waals surface area contributed by atoms with E-state index in [0.717, 1.165) is 45.2 Å². The van der Waals surface area contributed by atoms with Crippen molar-refractivity contribution in [2.75, 3.05) is 24.5 Å². The minimum atomic E-state index is -1.02. The highest BCUT2D eigenvalue weighted by molar-refractivity contribution is 5.86. The molecule has 1 aromatic rings. The predicted octanol–water partition coefficient (Wildman–Crippen LogP) is 2.54. The van der Waals surface area contributed by atoms with Crippen molar-refractivity contribution >= 4 is 17.7 Å². The highest BCUT2D eigenvalue weighted by atomic mass is 16.4. The Hall–Kier alpha value is -2.11. The molecule has 25 heavy (non-hydrogen) atoms. The van der Waals surface area contributed by atoms with E-state index >= 15 is 0 Å². The van der Waals surface area contributed by atoms with Crippen molar-refractivity contribution in [2.45, 2.75) is 51.0 Å². The fourth-order valence-electron chi connectivity index (χ4n) is 4.83. The van der Waals surface area contributed by atoms with Crippen LogP contribution in [-0.4, -0.2) is 52.5 Å². The number of nitrogens with zero attached hydrogens (tertiary/aromatic N) is 3. The summed E-state index contributed by atoms with van der Waals surface area (Å²) >= 11 is 0. The predicted molar refractivity (Wildman–Crippen MR) is 93.7 cm³/mol. The molecule has 6 heteroatoms. The van der Waals surface area contributed by atoms with Gasteiger partial charge in [0.15, 0.2) is 5.69 Å². The Kier molecular flexibility index (Phi) is 4.13. The van der Waals surface area contributed by atoms with E-state index in [-0.39, 0.29) is 11.1 Å². The van der Waals surface area contributed by atoms with Crippen LogP contribution >= 0.6 is 0 Å². The Balaban J connectivity index is 1.53. The topological polar surface area (TPSA) is 73.7 Å². The van der Waals surface area contributed by atoms with Gasteiger partial charge in [-0.1, -0.05) is 18.9 Å². The van der Waals surface area contributed by atoms with Crippen LogP contribution in [0.3, 0.4) is 0 Å². The molecule has 1 spiro atoms. The average molecular weight is 343 g/mol. The van der Waals surface area contributed by atoms with Crippen LogP contribution < -0.4 is 4.90 Å². The fraction of sp³-hybridized carbons (Fsp3) is 0.632. The fourth-order valence-corrected chi connectivity index (χ4v) is 4.83. The van der Waals surface area contributed by atoms with Gasteiger partial charge in [0, 0.05) is 25.7 Å². The number of aromatic carboxylic acids is 1. The van der Waals surface area contributed by atoms with Crippen molar-refractivity contribution in [3.63, 3.8) is 0 Å². The van der Waals surface area contributed by atoms with Gasteiger partial charge in [-0.3, -0.25) is 4.79 Å². The molecule has 0 radical (unpaired) electrons. The minimum Gasteiger partial charge on any atom is -0.477 e. The quantitative estimate of drug-likeness (QED) is 0.913. The van der Waals surface area contributed by atoms with Gasteiger partial charge >= 0.3 is 5.97 Å². The van der Waals surface area contributed by atoms with E-state index in [1.165, 1.54) is 18.9 Å². The molecular formula is C19H25N3O3. The van der Waals surface area contributed by atoms with E-state index in [1.54, 1.807) is 6.07 Å². The summed E-state index contributed by atoms with van der Waals surface area (Å²) in [4.78, 5) is 32.9. The lowest BCUT2D eigenvalue weighted by atomic mass is 9.77. The highest BCUT2D eigenvalue weighted by Crippen LogP contribution is 2.43. The van der Waals surface area contributed by atoms with Crippen molar-refractivity contribution in [3.8, 4) is 0 Å². The molecule has 1 saturated carbocycles. The smallest absolute Gasteiger partial charge is 0.354 e. The summed E-state index contributed by atoms with van der Waals surface area (Å²) < 4.78 is 0. The number of carboxylic acid groups (broad SMARTS) is 1. The van der Waals surface area contributed by atoms with Crippen LogP contribution in [0.1, 0.15) is 55.4 Å². The summed E-state index contributed by atoms with van der Waals surface area (Å²) in [6, 6.07) is 5.51. The number of likely N-dealkylation sites (tertiary alicyclic amines) is 1. The molecule has 2 saturated heterocycles. The minimum absolute atomic E-state index is 0.0565. The van der Waals surface area contributed by atoms with Gasteiger partial charge in [0.1, 0.15) is 5.82 Å². The molecule has 4 rings (SSSR count). The first-order valence-electron chi connectivity index (χ1n) is 9.35. The second kappa shape index (κ2) is 6.32. The summed E-state index contributed by atoms with van der Waals surface area (Å²) in [7, 11) is 0. The lowest BCUT2D eigenvalue weighted by Crippen LogP contribution is -2.53. The van der Waals surface area contributed by atoms with E-state index < -0.39 is 5.97 Å². The van der Waals surface area contributed by atoms with Crippen LogP contribution in [0.25, 0.3) is 0 Å². The van der Waals surface area contributed by atoms with Gasteiger partial charge in [0.25, 0.3) is 0 Å². The maximum Gasteiger partial charge on any atom is 0.354 e. The summed E-state index contributed by atoms with van der Waals surface area (Å²) in [6.45, 7) is 2.32. The van der Waals surface area contributed by atoms with Crippen LogP contribution in [0.5, 0.6) is 0 Å². The Morgan fingerprint density at radius 2 is 1.96 bits per heavy atom. The van der Waals surface area contributed by atoms with Crippen LogP contribution in [0, 0.1) is 5.41 Å². The average Bonchev–Trinajstić information content (AvgIpc) is 3.28. The third kappa shape index (κ3) is 2.87. The van der Waals surface area contributed by atoms with Crippen molar-refractivity contribution in [3.05, 3.63) is 23.9 Å². The second-order valence-corrected chi connectivity index (χ2v) is 7.68. The number of carbonyl (C=O) groups excluding carboxylic acids is 1. The number of hydrogen-bond donors (Lipinski definition) is 1. The summed E-state index contributed by atoms with van der Waals surface area (Å²) in [6.07, 6.45) is 7.61. The van der Waals surface area contributed by atoms with Gasteiger partial charge in [0.2, 0.25) is 5.91 Å². The molecule has 1 N–H and O–H groups in total. The third-order valence-corrected chi connectivity index (χ3v) is 6.17. The van der Waals surface area contributed by atoms with Gasteiger partial charge in [-0.15, -0.1) is 0 Å². The number of rotatable bonds is 3. The molecule has 1 aromatic heterocycles. The Morgan fingerprint density at radius 3 is 2.72 bits per heavy atom. The number of carbonyl (C=O) groups is 2. The molecule has 0 aromatic carbocycles. The number of anilines is 1. The summed E-state index contributed by atoms with van der Waals surface area (Å²) in [5.41, 5.74) is -0.247. The largest absolute Gasteiger partial charge is 0.477 e. The Morgan fingerprint density at radius 1 is 1.16 bits per heavy atom. The van der Waals surface area contributed by atoms with Crippen molar-refractivity contribution < 1.29 is 14.7 Å². The van der Waals surface area contributed by atoms with Gasteiger partial charge in [0.05, 0.1) is 5.41 Å². The van der Waals surface area contributed by atoms with Crippen LogP contribution in [0.4, 0.5) is 5.82 Å². The van der Waals surface area contributed by atoms with E-state index in [2.05, 4.69) is 14.8 Å². The molecule has 3 heterocycles. The van der Waals surface area contributed by atoms with Crippen molar-refractivity contribution in [1.82, 2.24) is 9.88 Å². The van der Waals surface area contributed by atoms with Gasteiger partial charge in [-0.2, -0.15) is 0 Å². The maximum absolute atomic E-state index is 13.3. The van der Waals surface area contributed by atoms with E-state index in [0.29, 0.717) is 24.3 Å². The van der Waals surface area contributed by atoms with E-state index in [4.69, 9.17) is 5.11 Å². The first kappa shape index (κ1) is 16.4. The molecule has 0 bridgehead atoms. The molecule has 1 atom stereocenters. The molecule has 1 aliphatic carbocycles. The molecular weight excluding hydrogens is 318 g/mol. The molecule has 3 fully saturated rings. The van der Waals surface area contributed by atoms with Gasteiger partial charge in [-0.25, -0.2) is 9.78 Å². The monoisotopic (exact) mass is 343 g/mol. The van der Waals surface area contributed by atoms with Crippen LogP contribution in [0.2, 0.25) is 0 Å². The lowest BCUT2D eigenvalue weighted by Gasteiger charge is -2.42. The number of carboxylic acids is 1. The highest BCUT2D eigenvalue weighted by Gasteiger charge is 2.50. The van der Waals surface area contributed by atoms with Crippen molar-refractivity contribution in [1.29, 1.82) is 0 Å². The molecule has 6 nitrogen and oxygen atoms in total. The lowest BCUT2D eigenvalue weighted by molar-refractivity contribution is -0.147. The van der Waals surface area contributed by atoms with E-state index in [1.807, 2.05) is 6.07 Å². The standard InChI is InChI=1S/C19H25N3O3/c23-17(24)15-7-3-8-16(20-15)21-12-10-19(13-21)9-4-11-22(18(19)25)14-5-1-2-6-14/h3,7-8,14H,1-2,4-6,9-13H2,(H,23,24)/t19-/m1/s1. The zero-order valence-corrected chi connectivity index (χ0v) is 14.5. The maximum atomic E-state index is 13.3. The Bertz CT molecular complexity index is 686. The molecule has 134 valence electrons. The molecule has 2 aliphatic heterocycles. The first-order chi connectivity index (χ1) is 12.1. The second-order valence-electron chi connectivity index (χ2n) is 7.68. The van der Waals surface area contributed by atoms with E-state index in [9.17, 15) is 9.59 Å². The number of pyridine rings is 1. The summed E-state index contributed by atoms with van der Waals surface area (Å²) in [5.74, 6) is -0.0259.